The fourth-order valence-corrected chi connectivity index (χ4v) is 2.89. The summed E-state index contributed by atoms with van der Waals surface area (Å²) in [5.41, 5.74) is 6.63. The maximum Gasteiger partial charge on any atom is 0.248 e. The third kappa shape index (κ3) is 5.50. The minimum atomic E-state index is -3.56. The van der Waals surface area contributed by atoms with Gasteiger partial charge in [-0.05, 0) is 42.0 Å². The molecule has 0 spiro atoms. The van der Waals surface area contributed by atoms with Crippen molar-refractivity contribution < 1.29 is 17.6 Å². The molecule has 24 heavy (non-hydrogen) atoms. The van der Waals surface area contributed by atoms with Gasteiger partial charge >= 0.3 is 0 Å². The normalized spacial score (nSPS) is 10.7. The lowest BCUT2D eigenvalue weighted by Gasteiger charge is -2.03. The Balaban J connectivity index is 1.91. The average molecular weight is 346 g/mol. The van der Waals surface area contributed by atoms with Gasteiger partial charge in [-0.2, -0.15) is 0 Å². The van der Waals surface area contributed by atoms with Gasteiger partial charge in [-0.3, -0.25) is 4.79 Å². The Bertz CT molecular complexity index is 880. The molecular formula is C17H15FN2O3S. The van der Waals surface area contributed by atoms with E-state index in [2.05, 4.69) is 16.6 Å². The number of carbonyl (C=O) groups is 1. The molecule has 0 bridgehead atoms. The summed E-state index contributed by atoms with van der Waals surface area (Å²) in [6, 6.07) is 11.6. The highest BCUT2D eigenvalue weighted by Crippen LogP contribution is 2.06. The van der Waals surface area contributed by atoms with Crippen LogP contribution in [0.25, 0.3) is 0 Å². The Kier molecular flexibility index (Phi) is 5.68. The van der Waals surface area contributed by atoms with Gasteiger partial charge in [0.2, 0.25) is 15.9 Å². The summed E-state index contributed by atoms with van der Waals surface area (Å²) in [6.45, 7) is -0.0545. The van der Waals surface area contributed by atoms with Crippen molar-refractivity contribution >= 4 is 15.9 Å². The molecule has 0 heterocycles. The molecule has 0 aliphatic carbocycles. The molecule has 0 aromatic heterocycles. The first-order valence-corrected chi connectivity index (χ1v) is 8.61. The lowest BCUT2D eigenvalue weighted by atomic mass is 10.1. The fraction of sp³-hybridized carbons (Fsp3) is 0.118. The Labute approximate surface area is 139 Å². The number of nitrogens with one attached hydrogen (secondary N) is 1. The van der Waals surface area contributed by atoms with Gasteiger partial charge < -0.3 is 5.73 Å². The van der Waals surface area contributed by atoms with Crippen LogP contribution in [0.2, 0.25) is 0 Å². The largest absolute Gasteiger partial charge is 0.366 e. The number of carbonyl (C=O) groups excluding carboxylic acids is 1. The minimum absolute atomic E-state index is 0.0545. The maximum atomic E-state index is 12.8. The van der Waals surface area contributed by atoms with Crippen molar-refractivity contribution in [1.29, 1.82) is 0 Å². The van der Waals surface area contributed by atoms with Crippen molar-refractivity contribution in [2.45, 2.75) is 5.75 Å². The van der Waals surface area contributed by atoms with E-state index in [1.54, 1.807) is 24.3 Å². The molecular weight excluding hydrogens is 331 g/mol. The Morgan fingerprint density at radius 1 is 1.08 bits per heavy atom. The van der Waals surface area contributed by atoms with E-state index in [4.69, 9.17) is 5.73 Å². The molecule has 0 fully saturated rings. The van der Waals surface area contributed by atoms with Crippen LogP contribution < -0.4 is 10.5 Å². The molecule has 3 N–H and O–H groups in total. The van der Waals surface area contributed by atoms with E-state index in [0.29, 0.717) is 16.7 Å². The van der Waals surface area contributed by atoms with E-state index in [0.717, 1.165) is 0 Å². The quantitative estimate of drug-likeness (QED) is 0.802. The van der Waals surface area contributed by atoms with Gasteiger partial charge in [0.05, 0.1) is 12.3 Å². The van der Waals surface area contributed by atoms with Gasteiger partial charge in [0.15, 0.2) is 0 Å². The molecule has 0 aliphatic heterocycles. The number of benzene rings is 2. The van der Waals surface area contributed by atoms with Gasteiger partial charge in [0.1, 0.15) is 5.82 Å². The monoisotopic (exact) mass is 346 g/mol. The first-order chi connectivity index (χ1) is 11.4. The molecule has 0 aliphatic rings. The van der Waals surface area contributed by atoms with E-state index >= 15 is 0 Å². The lowest BCUT2D eigenvalue weighted by Crippen LogP contribution is -2.25. The van der Waals surface area contributed by atoms with E-state index in [1.165, 1.54) is 24.3 Å². The van der Waals surface area contributed by atoms with Crippen LogP contribution in [-0.4, -0.2) is 20.9 Å². The van der Waals surface area contributed by atoms with Crippen LogP contribution in [0, 0.1) is 17.7 Å². The predicted octanol–water partition coefficient (Wildman–Crippen LogP) is 1.40. The average Bonchev–Trinajstić information content (AvgIpc) is 2.54. The Hall–Kier alpha value is -2.69. The zero-order valence-electron chi connectivity index (χ0n) is 12.6. The van der Waals surface area contributed by atoms with Crippen molar-refractivity contribution in [3.63, 3.8) is 0 Å². The van der Waals surface area contributed by atoms with Crippen LogP contribution >= 0.6 is 0 Å². The molecule has 1 amide bonds. The first kappa shape index (κ1) is 17.7. The highest BCUT2D eigenvalue weighted by atomic mass is 32.2. The maximum absolute atomic E-state index is 12.8. The predicted molar refractivity (Wildman–Crippen MR) is 88.9 cm³/mol. The Morgan fingerprint density at radius 2 is 1.71 bits per heavy atom. The highest BCUT2D eigenvalue weighted by molar-refractivity contribution is 7.88. The van der Waals surface area contributed by atoms with Gasteiger partial charge in [-0.25, -0.2) is 17.5 Å². The first-order valence-electron chi connectivity index (χ1n) is 6.96. The SMILES string of the molecule is NC(=O)c1ccc(C#CCNS(=O)(=O)Cc2ccc(F)cc2)cc1. The molecule has 7 heteroatoms. The second-order valence-corrected chi connectivity index (χ2v) is 6.76. The van der Waals surface area contributed by atoms with Gasteiger partial charge in [0.25, 0.3) is 0 Å². The number of sulfonamides is 1. The molecule has 2 aromatic rings. The van der Waals surface area contributed by atoms with Crippen LogP contribution in [-0.2, 0) is 15.8 Å². The topological polar surface area (TPSA) is 89.3 Å². The summed E-state index contributed by atoms with van der Waals surface area (Å²) in [4.78, 5) is 10.9. The molecule has 124 valence electrons. The smallest absolute Gasteiger partial charge is 0.248 e. The van der Waals surface area contributed by atoms with Crippen LogP contribution in [0.5, 0.6) is 0 Å². The third-order valence-electron chi connectivity index (χ3n) is 3.05. The molecule has 0 atom stereocenters. The van der Waals surface area contributed by atoms with Gasteiger partial charge in [-0.1, -0.05) is 24.0 Å². The number of primary amides is 1. The summed E-state index contributed by atoms with van der Waals surface area (Å²) >= 11 is 0. The van der Waals surface area contributed by atoms with Crippen LogP contribution in [0.15, 0.2) is 48.5 Å². The molecule has 2 rings (SSSR count). The second-order valence-electron chi connectivity index (χ2n) is 4.95. The van der Waals surface area contributed by atoms with Crippen LogP contribution in [0.3, 0.4) is 0 Å². The zero-order valence-corrected chi connectivity index (χ0v) is 13.4. The van der Waals surface area contributed by atoms with E-state index in [-0.39, 0.29) is 12.3 Å². The molecule has 5 nitrogen and oxygen atoms in total. The molecule has 0 saturated carbocycles. The highest BCUT2D eigenvalue weighted by Gasteiger charge is 2.10. The summed E-state index contributed by atoms with van der Waals surface area (Å²) in [6.07, 6.45) is 0. The van der Waals surface area contributed by atoms with Crippen molar-refractivity contribution in [3.8, 4) is 11.8 Å². The second kappa shape index (κ2) is 7.73. The van der Waals surface area contributed by atoms with E-state index in [1.807, 2.05) is 0 Å². The molecule has 0 radical (unpaired) electrons. The summed E-state index contributed by atoms with van der Waals surface area (Å²) < 4.78 is 38.9. The summed E-state index contributed by atoms with van der Waals surface area (Å²) in [5, 5.41) is 0. The number of hydrogen-bond acceptors (Lipinski definition) is 3. The van der Waals surface area contributed by atoms with Crippen LogP contribution in [0.4, 0.5) is 4.39 Å². The molecule has 0 saturated heterocycles. The number of halogens is 1. The van der Waals surface area contributed by atoms with Crippen LogP contribution in [0.1, 0.15) is 21.5 Å². The minimum Gasteiger partial charge on any atom is -0.366 e. The van der Waals surface area contributed by atoms with Crippen molar-refractivity contribution in [2.24, 2.45) is 5.73 Å². The van der Waals surface area contributed by atoms with E-state index < -0.39 is 21.7 Å². The number of hydrogen-bond donors (Lipinski definition) is 2. The molecule has 0 unspecified atom stereocenters. The standard InChI is InChI=1S/C17H15FN2O3S/c18-16-9-5-14(6-10-16)12-24(22,23)20-11-1-2-13-3-7-15(8-4-13)17(19)21/h3-10,20H,11-12H2,(H2,19,21). The van der Waals surface area contributed by atoms with E-state index in [9.17, 15) is 17.6 Å². The molecule has 2 aromatic carbocycles. The number of amides is 1. The van der Waals surface area contributed by atoms with Gasteiger partial charge in [0, 0.05) is 11.1 Å². The fourth-order valence-electron chi connectivity index (χ4n) is 1.86. The van der Waals surface area contributed by atoms with Crippen molar-refractivity contribution in [2.75, 3.05) is 6.54 Å². The van der Waals surface area contributed by atoms with Crippen molar-refractivity contribution in [1.82, 2.24) is 4.72 Å². The summed E-state index contributed by atoms with van der Waals surface area (Å²) in [7, 11) is -3.56. The lowest BCUT2D eigenvalue weighted by molar-refractivity contribution is 0.100. The number of rotatable bonds is 5. The third-order valence-corrected chi connectivity index (χ3v) is 4.35. The number of nitrogens with two attached hydrogens (primary N) is 1. The van der Waals surface area contributed by atoms with Crippen molar-refractivity contribution in [3.05, 3.63) is 71.0 Å². The summed E-state index contributed by atoms with van der Waals surface area (Å²) in [5.74, 6) is 4.27. The Morgan fingerprint density at radius 3 is 2.29 bits per heavy atom. The zero-order chi connectivity index (χ0) is 17.6. The van der Waals surface area contributed by atoms with Gasteiger partial charge in [-0.15, -0.1) is 0 Å².